The van der Waals surface area contributed by atoms with Gasteiger partial charge in [-0.25, -0.2) is 0 Å². The van der Waals surface area contributed by atoms with Gasteiger partial charge < -0.3 is 10.6 Å². The fourth-order valence-corrected chi connectivity index (χ4v) is 4.47. The SMILES string of the molecule is CNCc1ccccc1NC(=O)c1cc(Br)sc1Br. The molecule has 2 N–H and O–H groups in total. The van der Waals surface area contributed by atoms with Crippen LogP contribution in [-0.2, 0) is 6.54 Å². The van der Waals surface area contributed by atoms with Crippen molar-refractivity contribution >= 4 is 54.8 Å². The molecule has 0 aliphatic carbocycles. The predicted octanol–water partition coefficient (Wildman–Crippen LogP) is 4.24. The van der Waals surface area contributed by atoms with Crippen LogP contribution in [0.25, 0.3) is 0 Å². The molecule has 0 aliphatic rings. The zero-order chi connectivity index (χ0) is 13.8. The summed E-state index contributed by atoms with van der Waals surface area (Å²) >= 11 is 8.25. The summed E-state index contributed by atoms with van der Waals surface area (Å²) in [4.78, 5) is 12.2. The second-order valence-corrected chi connectivity index (χ2v) is 7.63. The molecule has 0 saturated heterocycles. The fraction of sp³-hybridized carbons (Fsp3) is 0.154. The van der Waals surface area contributed by atoms with E-state index >= 15 is 0 Å². The van der Waals surface area contributed by atoms with Gasteiger partial charge in [0.15, 0.2) is 0 Å². The molecule has 2 rings (SSSR count). The maximum Gasteiger partial charge on any atom is 0.257 e. The second-order valence-electron chi connectivity index (χ2n) is 3.88. The van der Waals surface area contributed by atoms with E-state index in [1.165, 1.54) is 11.3 Å². The maximum atomic E-state index is 12.2. The first-order chi connectivity index (χ1) is 9.11. The van der Waals surface area contributed by atoms with E-state index in [0.29, 0.717) is 12.1 Å². The number of halogens is 2. The largest absolute Gasteiger partial charge is 0.322 e. The standard InChI is InChI=1S/C13H12Br2N2OS/c1-16-7-8-4-2-3-5-10(8)17-13(18)9-6-11(14)19-12(9)15/h2-6,16H,7H2,1H3,(H,17,18). The van der Waals surface area contributed by atoms with Crippen molar-refractivity contribution in [1.82, 2.24) is 5.32 Å². The summed E-state index contributed by atoms with van der Waals surface area (Å²) in [6.07, 6.45) is 0. The minimum atomic E-state index is -0.114. The molecule has 0 fully saturated rings. The molecule has 1 heterocycles. The van der Waals surface area contributed by atoms with Crippen molar-refractivity contribution in [1.29, 1.82) is 0 Å². The van der Waals surface area contributed by atoms with Crippen molar-refractivity contribution in [2.24, 2.45) is 0 Å². The summed E-state index contributed by atoms with van der Waals surface area (Å²) < 4.78 is 1.75. The Morgan fingerprint density at radius 3 is 2.68 bits per heavy atom. The smallest absolute Gasteiger partial charge is 0.257 e. The third-order valence-electron chi connectivity index (χ3n) is 2.53. The van der Waals surface area contributed by atoms with E-state index in [-0.39, 0.29) is 5.91 Å². The zero-order valence-corrected chi connectivity index (χ0v) is 14.2. The van der Waals surface area contributed by atoms with Gasteiger partial charge in [-0.3, -0.25) is 4.79 Å². The zero-order valence-electron chi connectivity index (χ0n) is 10.2. The molecular weight excluding hydrogens is 392 g/mol. The number of anilines is 1. The highest BCUT2D eigenvalue weighted by molar-refractivity contribution is 9.12. The molecule has 0 unspecified atom stereocenters. The van der Waals surface area contributed by atoms with Crippen molar-refractivity contribution in [3.05, 3.63) is 49.0 Å². The van der Waals surface area contributed by atoms with Gasteiger partial charge in [0.1, 0.15) is 0 Å². The highest BCUT2D eigenvalue weighted by Crippen LogP contribution is 2.32. The highest BCUT2D eigenvalue weighted by atomic mass is 79.9. The van der Waals surface area contributed by atoms with Gasteiger partial charge in [0.2, 0.25) is 0 Å². The highest BCUT2D eigenvalue weighted by Gasteiger charge is 2.14. The lowest BCUT2D eigenvalue weighted by Crippen LogP contribution is -2.15. The van der Waals surface area contributed by atoms with E-state index in [1.54, 1.807) is 0 Å². The van der Waals surface area contributed by atoms with Crippen LogP contribution in [0, 0.1) is 0 Å². The molecule has 3 nitrogen and oxygen atoms in total. The van der Waals surface area contributed by atoms with Gasteiger partial charge in [0, 0.05) is 12.2 Å². The van der Waals surface area contributed by atoms with Crippen molar-refractivity contribution in [3.63, 3.8) is 0 Å². The number of amides is 1. The Bertz CT molecular complexity index is 598. The molecule has 1 aromatic heterocycles. The molecule has 1 amide bonds. The summed E-state index contributed by atoms with van der Waals surface area (Å²) in [7, 11) is 1.88. The molecule has 100 valence electrons. The Kier molecular flexibility index (Phi) is 5.15. The molecule has 0 bridgehead atoms. The third-order valence-corrected chi connectivity index (χ3v) is 4.87. The van der Waals surface area contributed by atoms with Crippen molar-refractivity contribution in [2.45, 2.75) is 6.54 Å². The van der Waals surface area contributed by atoms with Gasteiger partial charge in [0.05, 0.1) is 13.1 Å². The van der Waals surface area contributed by atoms with Gasteiger partial charge >= 0.3 is 0 Å². The fourth-order valence-electron chi connectivity index (χ4n) is 1.67. The van der Waals surface area contributed by atoms with Crippen LogP contribution < -0.4 is 10.6 Å². The molecule has 0 spiro atoms. The minimum absolute atomic E-state index is 0.114. The normalized spacial score (nSPS) is 10.5. The third kappa shape index (κ3) is 3.66. The number of rotatable bonds is 4. The first-order valence-corrected chi connectivity index (χ1v) is 8.00. The van der Waals surface area contributed by atoms with E-state index in [9.17, 15) is 4.79 Å². The van der Waals surface area contributed by atoms with Crippen molar-refractivity contribution in [2.75, 3.05) is 12.4 Å². The molecule has 19 heavy (non-hydrogen) atoms. The molecule has 0 radical (unpaired) electrons. The average Bonchev–Trinajstić information content (AvgIpc) is 2.71. The minimum Gasteiger partial charge on any atom is -0.322 e. The summed E-state index contributed by atoms with van der Waals surface area (Å²) in [5.41, 5.74) is 2.52. The first-order valence-electron chi connectivity index (χ1n) is 5.60. The first kappa shape index (κ1) is 14.7. The van der Waals surface area contributed by atoms with E-state index in [0.717, 1.165) is 18.8 Å². The van der Waals surface area contributed by atoms with Crippen LogP contribution in [0.5, 0.6) is 0 Å². The van der Waals surface area contributed by atoms with Crippen LogP contribution in [0.15, 0.2) is 37.9 Å². The predicted molar refractivity (Wildman–Crippen MR) is 86.9 cm³/mol. The van der Waals surface area contributed by atoms with Crippen molar-refractivity contribution in [3.8, 4) is 0 Å². The number of carbonyl (C=O) groups is 1. The molecule has 2 aromatic rings. The summed E-state index contributed by atoms with van der Waals surface area (Å²) in [6, 6.07) is 9.57. The van der Waals surface area contributed by atoms with Crippen LogP contribution in [0.2, 0.25) is 0 Å². The van der Waals surface area contributed by atoms with E-state index in [1.807, 2.05) is 37.4 Å². The Morgan fingerprint density at radius 2 is 2.05 bits per heavy atom. The van der Waals surface area contributed by atoms with Gasteiger partial charge in [-0.2, -0.15) is 0 Å². The lowest BCUT2D eigenvalue weighted by molar-refractivity contribution is 0.102. The Balaban J connectivity index is 2.21. The molecule has 6 heteroatoms. The van der Waals surface area contributed by atoms with Crippen LogP contribution in [0.1, 0.15) is 15.9 Å². The van der Waals surface area contributed by atoms with E-state index < -0.39 is 0 Å². The lowest BCUT2D eigenvalue weighted by atomic mass is 10.1. The average molecular weight is 404 g/mol. The van der Waals surface area contributed by atoms with Gasteiger partial charge in [-0.1, -0.05) is 18.2 Å². The van der Waals surface area contributed by atoms with Crippen LogP contribution in [-0.4, -0.2) is 13.0 Å². The Labute approximate surface area is 132 Å². The Morgan fingerprint density at radius 1 is 1.32 bits per heavy atom. The van der Waals surface area contributed by atoms with Crippen LogP contribution >= 0.6 is 43.2 Å². The lowest BCUT2D eigenvalue weighted by Gasteiger charge is -2.10. The number of carbonyl (C=O) groups excluding carboxylic acids is 1. The van der Waals surface area contributed by atoms with Crippen LogP contribution in [0.4, 0.5) is 5.69 Å². The van der Waals surface area contributed by atoms with Gasteiger partial charge in [-0.05, 0) is 56.6 Å². The van der Waals surface area contributed by atoms with Gasteiger partial charge in [-0.15, -0.1) is 11.3 Å². The number of nitrogens with one attached hydrogen (secondary N) is 2. The van der Waals surface area contributed by atoms with Crippen LogP contribution in [0.3, 0.4) is 0 Å². The number of hydrogen-bond donors (Lipinski definition) is 2. The van der Waals surface area contributed by atoms with E-state index in [4.69, 9.17) is 0 Å². The molecule has 0 atom stereocenters. The Hall–Kier alpha value is -0.690. The summed E-state index contributed by atoms with van der Waals surface area (Å²) in [5.74, 6) is -0.114. The topological polar surface area (TPSA) is 41.1 Å². The number of para-hydroxylation sites is 1. The molecular formula is C13H12Br2N2OS. The molecule has 1 aromatic carbocycles. The number of hydrogen-bond acceptors (Lipinski definition) is 3. The van der Waals surface area contributed by atoms with E-state index in [2.05, 4.69) is 42.5 Å². The number of benzene rings is 1. The van der Waals surface area contributed by atoms with Gasteiger partial charge in [0.25, 0.3) is 5.91 Å². The summed E-state index contributed by atoms with van der Waals surface area (Å²) in [5, 5.41) is 6.03. The quantitative estimate of drug-likeness (QED) is 0.801. The van der Waals surface area contributed by atoms with Crippen molar-refractivity contribution < 1.29 is 4.79 Å². The maximum absolute atomic E-state index is 12.2. The molecule has 0 aliphatic heterocycles. The monoisotopic (exact) mass is 402 g/mol. The number of thiophene rings is 1. The summed E-state index contributed by atoms with van der Waals surface area (Å²) in [6.45, 7) is 0.713. The molecule has 0 saturated carbocycles. The second kappa shape index (κ2) is 6.65.